The first-order chi connectivity index (χ1) is 40.2. The first-order valence-electron chi connectivity index (χ1n) is 27.8. The number of para-hydroxylation sites is 6. The SMILES string of the molecule is c1ccc(-c2ccc3c(c2)Oc2cc(N4c5ccccc5[Si]5(c6ccccc6N(c6cc7c8c(c6)Oc6ccccc6B8c6ccccc6O7)c6ccccc65)c5ccccc54)cc4c2B3c2ccc(-c3ccccc3)cc2O4)cc1. The average molecular weight is 1050 g/mol. The highest BCUT2D eigenvalue weighted by Gasteiger charge is 2.55. The van der Waals surface area contributed by atoms with Gasteiger partial charge >= 0.3 is 0 Å². The van der Waals surface area contributed by atoms with E-state index in [9.17, 15) is 0 Å². The summed E-state index contributed by atoms with van der Waals surface area (Å²) in [5.41, 5.74) is 17.6. The van der Waals surface area contributed by atoms with Crippen LogP contribution in [-0.2, 0) is 0 Å². The summed E-state index contributed by atoms with van der Waals surface area (Å²) in [6.45, 7) is -0.130. The van der Waals surface area contributed by atoms with Gasteiger partial charge in [0, 0.05) is 57.9 Å². The molecule has 12 aromatic rings. The van der Waals surface area contributed by atoms with Gasteiger partial charge in [-0.1, -0.05) is 194 Å². The molecule has 9 heteroatoms. The second-order valence-electron chi connectivity index (χ2n) is 21.8. The number of ether oxygens (including phenoxy) is 4. The molecule has 6 heterocycles. The van der Waals surface area contributed by atoms with Crippen LogP contribution in [0.3, 0.4) is 0 Å². The third-order valence-corrected chi connectivity index (χ3v) is 22.6. The lowest BCUT2D eigenvalue weighted by Crippen LogP contribution is -2.79. The van der Waals surface area contributed by atoms with E-state index in [4.69, 9.17) is 18.9 Å². The van der Waals surface area contributed by atoms with Crippen LogP contribution in [-0.4, -0.2) is 21.5 Å². The summed E-state index contributed by atoms with van der Waals surface area (Å²) in [6, 6.07) is 96.8. The molecule has 6 aliphatic rings. The molecule has 6 aliphatic heterocycles. The van der Waals surface area contributed by atoms with Crippen molar-refractivity contribution in [3.8, 4) is 68.2 Å². The van der Waals surface area contributed by atoms with E-state index >= 15 is 0 Å². The molecule has 0 atom stereocenters. The minimum Gasteiger partial charge on any atom is -0.458 e. The molecular formula is C72H44B2N2O4Si. The van der Waals surface area contributed by atoms with E-state index in [1.807, 2.05) is 0 Å². The first kappa shape index (κ1) is 44.7. The van der Waals surface area contributed by atoms with Crippen molar-refractivity contribution >= 4 is 109 Å². The maximum absolute atomic E-state index is 7.23. The van der Waals surface area contributed by atoms with Gasteiger partial charge in [-0.15, -0.1) is 0 Å². The van der Waals surface area contributed by atoms with E-state index in [0.717, 1.165) is 135 Å². The van der Waals surface area contributed by atoms with Crippen molar-refractivity contribution in [1.29, 1.82) is 0 Å². The highest BCUT2D eigenvalue weighted by molar-refractivity contribution is 7.23. The van der Waals surface area contributed by atoms with Gasteiger partial charge in [-0.2, -0.15) is 0 Å². The minimum atomic E-state index is -3.18. The Morgan fingerprint density at radius 1 is 0.247 bits per heavy atom. The predicted molar refractivity (Wildman–Crippen MR) is 333 cm³/mol. The summed E-state index contributed by atoms with van der Waals surface area (Å²) in [5.74, 6) is 6.61. The number of nitrogens with zero attached hydrogens (tertiary/aromatic N) is 2. The van der Waals surface area contributed by atoms with Crippen LogP contribution in [0, 0.1) is 0 Å². The highest BCUT2D eigenvalue weighted by atomic mass is 28.3. The van der Waals surface area contributed by atoms with Crippen molar-refractivity contribution in [3.05, 3.63) is 267 Å². The minimum absolute atomic E-state index is 0.0195. The lowest BCUT2D eigenvalue weighted by Gasteiger charge is -2.50. The summed E-state index contributed by atoms with van der Waals surface area (Å²) in [4.78, 5) is 4.90. The van der Waals surface area contributed by atoms with Crippen LogP contribution in [0.4, 0.5) is 34.1 Å². The second-order valence-corrected chi connectivity index (χ2v) is 25.4. The highest BCUT2D eigenvalue weighted by Crippen LogP contribution is 2.49. The molecule has 1 spiro atoms. The normalized spacial score (nSPS) is 14.3. The fraction of sp³-hybridized carbons (Fsp3) is 0. The van der Waals surface area contributed by atoms with Gasteiger partial charge in [-0.05, 0) is 113 Å². The molecule has 0 radical (unpaired) electrons. The maximum atomic E-state index is 7.23. The largest absolute Gasteiger partial charge is 0.458 e. The molecule has 0 bridgehead atoms. The molecule has 0 saturated carbocycles. The summed E-state index contributed by atoms with van der Waals surface area (Å²) in [5, 5.41) is 5.20. The van der Waals surface area contributed by atoms with Gasteiger partial charge in [0.2, 0.25) is 0 Å². The molecule has 0 amide bonds. The Morgan fingerprint density at radius 2 is 0.556 bits per heavy atom. The average Bonchev–Trinajstić information content (AvgIpc) is 3.35. The van der Waals surface area contributed by atoms with Gasteiger partial charge in [0.1, 0.15) is 46.0 Å². The Hall–Kier alpha value is -10.2. The van der Waals surface area contributed by atoms with Gasteiger partial charge in [-0.3, -0.25) is 0 Å². The molecule has 0 saturated heterocycles. The van der Waals surface area contributed by atoms with Gasteiger partial charge in [0.05, 0.1) is 11.4 Å². The maximum Gasteiger partial charge on any atom is 0.260 e. The Bertz CT molecular complexity index is 4390. The van der Waals surface area contributed by atoms with Crippen LogP contribution in [0.1, 0.15) is 0 Å². The number of fused-ring (bicyclic) bond motifs is 16. The molecule has 0 aromatic heterocycles. The van der Waals surface area contributed by atoms with Gasteiger partial charge in [-0.25, -0.2) is 0 Å². The van der Waals surface area contributed by atoms with Crippen LogP contribution in [0.2, 0.25) is 0 Å². The topological polar surface area (TPSA) is 43.4 Å². The van der Waals surface area contributed by atoms with Crippen LogP contribution >= 0.6 is 0 Å². The van der Waals surface area contributed by atoms with E-state index in [0.29, 0.717) is 0 Å². The van der Waals surface area contributed by atoms with E-state index in [-0.39, 0.29) is 13.4 Å². The van der Waals surface area contributed by atoms with Crippen LogP contribution < -0.4 is 82.3 Å². The zero-order chi connectivity index (χ0) is 52.9. The summed E-state index contributed by atoms with van der Waals surface area (Å²) < 4.78 is 28.3. The fourth-order valence-corrected chi connectivity index (χ4v) is 19.8. The number of hydrogen-bond acceptors (Lipinski definition) is 6. The molecule has 0 N–H and O–H groups in total. The lowest BCUT2D eigenvalue weighted by molar-refractivity contribution is 0.464. The van der Waals surface area contributed by atoms with Crippen molar-refractivity contribution in [3.63, 3.8) is 0 Å². The third kappa shape index (κ3) is 6.29. The van der Waals surface area contributed by atoms with E-state index < -0.39 is 8.07 Å². The Kier molecular flexibility index (Phi) is 9.33. The standard InChI is InChI=1S/C72H44B2N2O4Si/c1-3-19-45(20-4-1)47-35-37-53-61(39-47)79-65-43-50(44-66-72(65)74(53)54-38-36-48(40-62(54)80-66)46-21-5-2-6-22-46)76-57-27-11-17-33-69(57)81(70-34-18-12-28-58(70)76)67-31-15-9-25-55(67)75(56-26-10-16-32-68(56)81)49-41-63-71-64(42-49)78-60-30-14-8-24-52(60)73(71)51-23-7-13-29-59(51)77-63/h1-44H. The molecule has 0 fully saturated rings. The van der Waals surface area contributed by atoms with E-state index in [2.05, 4.69) is 277 Å². The summed E-state index contributed by atoms with van der Waals surface area (Å²) in [7, 11) is -3.18. The zero-order valence-corrected chi connectivity index (χ0v) is 44.6. The Labute approximate surface area is 470 Å². The van der Waals surface area contributed by atoms with Gasteiger partial charge in [0.15, 0.2) is 8.07 Å². The van der Waals surface area contributed by atoms with Gasteiger partial charge in [0.25, 0.3) is 13.4 Å². The molecule has 0 aliphatic carbocycles. The smallest absolute Gasteiger partial charge is 0.260 e. The molecule has 81 heavy (non-hydrogen) atoms. The van der Waals surface area contributed by atoms with Crippen molar-refractivity contribution in [2.45, 2.75) is 0 Å². The van der Waals surface area contributed by atoms with Crippen molar-refractivity contribution in [1.82, 2.24) is 0 Å². The van der Waals surface area contributed by atoms with E-state index in [1.165, 1.54) is 20.7 Å². The lowest BCUT2D eigenvalue weighted by atomic mass is 9.34. The first-order valence-corrected chi connectivity index (χ1v) is 29.8. The monoisotopic (exact) mass is 1050 g/mol. The van der Waals surface area contributed by atoms with Crippen LogP contribution in [0.15, 0.2) is 267 Å². The van der Waals surface area contributed by atoms with Crippen molar-refractivity contribution in [2.24, 2.45) is 0 Å². The zero-order valence-electron chi connectivity index (χ0n) is 43.6. The molecular weight excluding hydrogens is 1010 g/mol. The number of rotatable bonds is 4. The summed E-state index contributed by atoms with van der Waals surface area (Å²) in [6.07, 6.45) is 0. The van der Waals surface area contributed by atoms with Crippen molar-refractivity contribution in [2.75, 3.05) is 9.80 Å². The quantitative estimate of drug-likeness (QED) is 0.164. The Morgan fingerprint density at radius 3 is 0.938 bits per heavy atom. The molecule has 376 valence electrons. The van der Waals surface area contributed by atoms with E-state index in [1.54, 1.807) is 0 Å². The molecule has 0 unspecified atom stereocenters. The molecule has 6 nitrogen and oxygen atoms in total. The predicted octanol–water partition coefficient (Wildman–Crippen LogP) is 11.4. The number of anilines is 6. The summed E-state index contributed by atoms with van der Waals surface area (Å²) >= 11 is 0. The molecule has 18 rings (SSSR count). The fourth-order valence-electron chi connectivity index (χ4n) is 14.4. The third-order valence-electron chi connectivity index (χ3n) is 17.7. The van der Waals surface area contributed by atoms with Crippen LogP contribution in [0.5, 0.6) is 46.0 Å². The Balaban J connectivity index is 0.822. The number of hydrogen-bond donors (Lipinski definition) is 0. The van der Waals surface area contributed by atoms with Crippen molar-refractivity contribution < 1.29 is 18.9 Å². The number of benzene rings is 12. The second kappa shape index (κ2) is 16.9. The van der Waals surface area contributed by atoms with Crippen LogP contribution in [0.25, 0.3) is 22.3 Å². The van der Waals surface area contributed by atoms with Gasteiger partial charge < -0.3 is 28.7 Å². The molecule has 12 aromatic carbocycles.